The summed E-state index contributed by atoms with van der Waals surface area (Å²) in [6, 6.07) is 25.4. The molecule has 1 aliphatic carbocycles. The Morgan fingerprint density at radius 2 is 1.62 bits per heavy atom. The fourth-order valence-corrected chi connectivity index (χ4v) is 6.60. The molecule has 0 saturated heterocycles. The van der Waals surface area contributed by atoms with Gasteiger partial charge in [-0.05, 0) is 47.6 Å². The number of amides is 1. The smallest absolute Gasteiger partial charge is 0.228 e. The van der Waals surface area contributed by atoms with Crippen LogP contribution in [-0.2, 0) is 22.1 Å². The van der Waals surface area contributed by atoms with Crippen LogP contribution in [-0.4, -0.2) is 37.6 Å². The monoisotopic (exact) mass is 543 g/mol. The number of benzene rings is 3. The van der Waals surface area contributed by atoms with Crippen molar-refractivity contribution in [2.75, 3.05) is 12.9 Å². The minimum atomic E-state index is -1.21. The molecule has 1 amide bonds. The van der Waals surface area contributed by atoms with E-state index in [1.54, 1.807) is 6.26 Å². The summed E-state index contributed by atoms with van der Waals surface area (Å²) in [5.41, 5.74) is 4.76. The second-order valence-corrected chi connectivity index (χ2v) is 11.8. The summed E-state index contributed by atoms with van der Waals surface area (Å²) in [6.45, 7) is 0.405. The Balaban J connectivity index is 1.42. The lowest BCUT2D eigenvalue weighted by Crippen LogP contribution is -2.37. The zero-order chi connectivity index (χ0) is 27.2. The highest BCUT2D eigenvalue weighted by molar-refractivity contribution is 7.84. The molecule has 39 heavy (non-hydrogen) atoms. The van der Waals surface area contributed by atoms with Gasteiger partial charge in [-0.25, -0.2) is 4.98 Å². The number of nitrogens with zero attached hydrogens (tertiary/aromatic N) is 2. The van der Waals surface area contributed by atoms with Crippen LogP contribution >= 0.6 is 0 Å². The maximum atomic E-state index is 13.8. The van der Waals surface area contributed by atoms with Gasteiger partial charge in [-0.2, -0.15) is 0 Å². The van der Waals surface area contributed by atoms with E-state index in [0.29, 0.717) is 11.7 Å². The fourth-order valence-electron chi connectivity index (χ4n) is 5.90. The minimum Gasteiger partial charge on any atom is -0.394 e. The van der Waals surface area contributed by atoms with Crippen molar-refractivity contribution in [2.24, 2.45) is 5.92 Å². The molecule has 7 heteroatoms. The van der Waals surface area contributed by atoms with Crippen LogP contribution in [0, 0.1) is 5.92 Å². The summed E-state index contributed by atoms with van der Waals surface area (Å²) in [6.07, 6.45) is 8.42. The van der Waals surface area contributed by atoms with Gasteiger partial charge in [0.2, 0.25) is 5.91 Å². The lowest BCUT2D eigenvalue weighted by atomic mass is 9.80. The molecule has 0 bridgehead atoms. The quantitative estimate of drug-likeness (QED) is 0.264. The fraction of sp³-hybridized carbons (Fsp3) is 0.375. The molecule has 2 unspecified atom stereocenters. The summed E-state index contributed by atoms with van der Waals surface area (Å²) in [5.74, 6) is -0.0373. The summed E-state index contributed by atoms with van der Waals surface area (Å²) < 4.78 is 14.4. The lowest BCUT2D eigenvalue weighted by molar-refractivity contribution is -0.125. The van der Waals surface area contributed by atoms with Gasteiger partial charge in [0, 0.05) is 6.26 Å². The summed E-state index contributed by atoms with van der Waals surface area (Å²) in [5, 5.41) is 13.8. The van der Waals surface area contributed by atoms with Gasteiger partial charge in [-0.1, -0.05) is 92.4 Å². The first-order valence-corrected chi connectivity index (χ1v) is 15.4. The van der Waals surface area contributed by atoms with Gasteiger partial charge in [0.25, 0.3) is 0 Å². The van der Waals surface area contributed by atoms with Crippen LogP contribution in [0.4, 0.5) is 0 Å². The highest BCUT2D eigenvalue weighted by Crippen LogP contribution is 2.36. The van der Waals surface area contributed by atoms with Crippen molar-refractivity contribution < 1.29 is 14.1 Å². The standard InChI is InChI=1S/C32H37N3O3S/c1-39(38)32-34-27-15-9-10-16-29(27)35(32)21-23-17-19-26(20-18-23)30(25-13-5-2-3-6-14-25)31(37)33-28(22-36)24-11-7-4-8-12-24/h4,7-12,15-20,25,28,30,36H,2-3,5-6,13-14,21-22H2,1H3,(H,33,37)/t28-,30?,39?/m0/s1. The molecule has 1 fully saturated rings. The van der Waals surface area contributed by atoms with Crippen LogP contribution in [0.25, 0.3) is 11.0 Å². The zero-order valence-corrected chi connectivity index (χ0v) is 23.3. The van der Waals surface area contributed by atoms with E-state index in [1.807, 2.05) is 59.2 Å². The van der Waals surface area contributed by atoms with Crippen molar-refractivity contribution in [1.29, 1.82) is 0 Å². The number of hydrogen-bond donors (Lipinski definition) is 2. The maximum Gasteiger partial charge on any atom is 0.228 e. The summed E-state index contributed by atoms with van der Waals surface area (Å²) in [4.78, 5) is 18.4. The third-order valence-corrected chi connectivity index (χ3v) is 8.74. The van der Waals surface area contributed by atoms with Crippen LogP contribution in [0.2, 0.25) is 0 Å². The molecule has 4 aromatic rings. The molecule has 3 aromatic carbocycles. The van der Waals surface area contributed by atoms with Crippen LogP contribution in [0.15, 0.2) is 84.0 Å². The lowest BCUT2D eigenvalue weighted by Gasteiger charge is -2.28. The van der Waals surface area contributed by atoms with Gasteiger partial charge in [0.05, 0.1) is 46.9 Å². The van der Waals surface area contributed by atoms with E-state index in [2.05, 4.69) is 34.6 Å². The molecule has 5 rings (SSSR count). The Kier molecular flexibility index (Phi) is 8.89. The summed E-state index contributed by atoms with van der Waals surface area (Å²) >= 11 is 0. The van der Waals surface area contributed by atoms with E-state index >= 15 is 0 Å². The van der Waals surface area contributed by atoms with Gasteiger partial charge in [-0.15, -0.1) is 0 Å². The number of fused-ring (bicyclic) bond motifs is 1. The number of para-hydroxylation sites is 2. The van der Waals surface area contributed by atoms with Crippen molar-refractivity contribution in [3.8, 4) is 0 Å². The molecular weight excluding hydrogens is 506 g/mol. The topological polar surface area (TPSA) is 84.2 Å². The van der Waals surface area contributed by atoms with Crippen molar-refractivity contribution in [1.82, 2.24) is 14.9 Å². The first-order valence-electron chi connectivity index (χ1n) is 13.9. The van der Waals surface area contributed by atoms with Crippen LogP contribution in [0.3, 0.4) is 0 Å². The Morgan fingerprint density at radius 3 is 2.28 bits per heavy atom. The second-order valence-electron chi connectivity index (χ2n) is 10.5. The number of rotatable bonds is 9. The minimum absolute atomic E-state index is 0.0261. The van der Waals surface area contributed by atoms with Crippen LogP contribution in [0.5, 0.6) is 0 Å². The van der Waals surface area contributed by atoms with E-state index < -0.39 is 16.8 Å². The number of aliphatic hydroxyl groups is 1. The molecule has 0 spiro atoms. The number of aliphatic hydroxyl groups excluding tert-OH is 1. The number of nitrogens with one attached hydrogen (secondary N) is 1. The third-order valence-electron chi connectivity index (χ3n) is 7.91. The molecule has 1 aliphatic rings. The normalized spacial score (nSPS) is 16.9. The van der Waals surface area contributed by atoms with Gasteiger partial charge in [0.1, 0.15) is 0 Å². The van der Waals surface area contributed by atoms with Crippen LogP contribution in [0.1, 0.15) is 67.2 Å². The Hall–Kier alpha value is -3.29. The molecule has 1 aromatic heterocycles. The van der Waals surface area contributed by atoms with Crippen molar-refractivity contribution in [3.63, 3.8) is 0 Å². The molecule has 3 atom stereocenters. The van der Waals surface area contributed by atoms with Gasteiger partial charge in [0.15, 0.2) is 5.16 Å². The predicted octanol–water partition coefficient (Wildman–Crippen LogP) is 5.73. The molecule has 6 nitrogen and oxygen atoms in total. The summed E-state index contributed by atoms with van der Waals surface area (Å²) in [7, 11) is -1.21. The van der Waals surface area contributed by atoms with E-state index in [4.69, 9.17) is 0 Å². The number of aromatic nitrogens is 2. The van der Waals surface area contributed by atoms with E-state index in [-0.39, 0.29) is 24.3 Å². The zero-order valence-electron chi connectivity index (χ0n) is 22.5. The van der Waals surface area contributed by atoms with Gasteiger partial charge >= 0.3 is 0 Å². The maximum absolute atomic E-state index is 13.8. The first kappa shape index (κ1) is 27.3. The van der Waals surface area contributed by atoms with Crippen molar-refractivity contribution >= 4 is 27.7 Å². The van der Waals surface area contributed by atoms with E-state index in [9.17, 15) is 14.1 Å². The number of hydrogen-bond acceptors (Lipinski definition) is 4. The second kappa shape index (κ2) is 12.7. The molecule has 2 N–H and O–H groups in total. The highest BCUT2D eigenvalue weighted by atomic mass is 32.2. The largest absolute Gasteiger partial charge is 0.394 e. The first-order chi connectivity index (χ1) is 19.0. The molecule has 204 valence electrons. The average molecular weight is 544 g/mol. The SMILES string of the molecule is CS(=O)c1nc2ccccc2n1Cc1ccc(C(C(=O)N[C@@H](CO)c2ccccc2)C2CCCCCC2)cc1. The third kappa shape index (κ3) is 6.31. The van der Waals surface area contributed by atoms with E-state index in [0.717, 1.165) is 53.4 Å². The molecular formula is C32H37N3O3S. The highest BCUT2D eigenvalue weighted by Gasteiger charge is 2.31. The average Bonchev–Trinajstić information content (AvgIpc) is 3.12. The van der Waals surface area contributed by atoms with Gasteiger partial charge < -0.3 is 15.0 Å². The van der Waals surface area contributed by atoms with E-state index in [1.165, 1.54) is 12.8 Å². The Bertz CT molecular complexity index is 1410. The molecule has 1 saturated carbocycles. The Morgan fingerprint density at radius 1 is 0.949 bits per heavy atom. The predicted molar refractivity (Wildman–Crippen MR) is 156 cm³/mol. The molecule has 0 radical (unpaired) electrons. The Labute approximate surface area is 232 Å². The molecule has 0 aliphatic heterocycles. The number of carbonyl (C=O) groups is 1. The van der Waals surface area contributed by atoms with Crippen molar-refractivity contribution in [3.05, 3.63) is 95.6 Å². The van der Waals surface area contributed by atoms with Gasteiger partial charge in [-0.3, -0.25) is 9.00 Å². The number of carbonyl (C=O) groups excluding carboxylic acids is 1. The number of imidazole rings is 1. The van der Waals surface area contributed by atoms with Crippen molar-refractivity contribution in [2.45, 2.75) is 62.2 Å². The molecule has 1 heterocycles. The van der Waals surface area contributed by atoms with Crippen LogP contribution < -0.4 is 5.32 Å².